The van der Waals surface area contributed by atoms with E-state index in [0.29, 0.717) is 5.41 Å². The van der Waals surface area contributed by atoms with Gasteiger partial charge in [-0.3, -0.25) is 0 Å². The van der Waals surface area contributed by atoms with Crippen LogP contribution in [0.1, 0.15) is 64.7 Å². The van der Waals surface area contributed by atoms with Crippen molar-refractivity contribution < 1.29 is 4.74 Å². The number of benzene rings is 1. The topological polar surface area (TPSA) is 21.3 Å². The fourth-order valence-corrected chi connectivity index (χ4v) is 2.20. The molecular formula is C19H33NO. The van der Waals surface area contributed by atoms with E-state index in [1.54, 1.807) is 0 Å². The summed E-state index contributed by atoms with van der Waals surface area (Å²) in [5.74, 6) is 1.05. The van der Waals surface area contributed by atoms with E-state index in [1.807, 2.05) is 0 Å². The Bertz CT molecular complexity index is 440. The summed E-state index contributed by atoms with van der Waals surface area (Å²) in [4.78, 5) is 0. The van der Waals surface area contributed by atoms with E-state index >= 15 is 0 Å². The second-order valence-electron chi connectivity index (χ2n) is 8.32. The van der Waals surface area contributed by atoms with Crippen molar-refractivity contribution in [2.24, 2.45) is 5.41 Å². The SMILES string of the molecule is Cc1cc(CNC(C)(C)C)cc(C)c1OCCC(C)(C)C. The summed E-state index contributed by atoms with van der Waals surface area (Å²) in [7, 11) is 0. The Balaban J connectivity index is 2.71. The predicted molar refractivity (Wildman–Crippen MR) is 92.1 cm³/mol. The molecule has 0 aliphatic heterocycles. The van der Waals surface area contributed by atoms with Crippen molar-refractivity contribution in [3.05, 3.63) is 28.8 Å². The summed E-state index contributed by atoms with van der Waals surface area (Å²) in [6.07, 6.45) is 1.07. The van der Waals surface area contributed by atoms with Crippen LogP contribution in [0, 0.1) is 19.3 Å². The first-order valence-corrected chi connectivity index (χ1v) is 7.96. The van der Waals surface area contributed by atoms with E-state index < -0.39 is 0 Å². The smallest absolute Gasteiger partial charge is 0.125 e. The minimum absolute atomic E-state index is 0.143. The van der Waals surface area contributed by atoms with Crippen LogP contribution in [0.25, 0.3) is 0 Å². The first kappa shape index (κ1) is 18.0. The monoisotopic (exact) mass is 291 g/mol. The van der Waals surface area contributed by atoms with Crippen LogP contribution >= 0.6 is 0 Å². The maximum absolute atomic E-state index is 6.02. The standard InChI is InChI=1S/C19H33NO/c1-14-11-16(13-20-19(6,7)8)12-15(2)17(14)21-10-9-18(3,4)5/h11-12,20H,9-10,13H2,1-8H3. The molecular weight excluding hydrogens is 258 g/mol. The van der Waals surface area contributed by atoms with Gasteiger partial charge in [0.15, 0.2) is 0 Å². The molecule has 0 radical (unpaired) electrons. The van der Waals surface area contributed by atoms with Gasteiger partial charge < -0.3 is 10.1 Å². The first-order valence-electron chi connectivity index (χ1n) is 7.96. The number of hydrogen-bond acceptors (Lipinski definition) is 2. The lowest BCUT2D eigenvalue weighted by molar-refractivity contribution is 0.240. The van der Waals surface area contributed by atoms with E-state index in [-0.39, 0.29) is 5.54 Å². The normalized spacial score (nSPS) is 12.6. The second-order valence-corrected chi connectivity index (χ2v) is 8.32. The van der Waals surface area contributed by atoms with E-state index in [4.69, 9.17) is 4.74 Å². The molecule has 0 saturated heterocycles. The lowest BCUT2D eigenvalue weighted by Crippen LogP contribution is -2.35. The van der Waals surface area contributed by atoms with Gasteiger partial charge in [0, 0.05) is 12.1 Å². The molecule has 0 spiro atoms. The molecule has 120 valence electrons. The minimum Gasteiger partial charge on any atom is -0.493 e. The lowest BCUT2D eigenvalue weighted by Gasteiger charge is -2.22. The molecule has 0 unspecified atom stereocenters. The summed E-state index contributed by atoms with van der Waals surface area (Å²) in [6.45, 7) is 19.3. The van der Waals surface area contributed by atoms with Crippen LogP contribution in [0.4, 0.5) is 0 Å². The minimum atomic E-state index is 0.143. The Kier molecular flexibility index (Phi) is 5.86. The molecule has 1 N–H and O–H groups in total. The third-order valence-corrected chi connectivity index (χ3v) is 3.44. The molecule has 0 aromatic heterocycles. The van der Waals surface area contributed by atoms with Gasteiger partial charge in [0.25, 0.3) is 0 Å². The molecule has 2 heteroatoms. The summed E-state index contributed by atoms with van der Waals surface area (Å²) < 4.78 is 6.02. The fraction of sp³-hybridized carbons (Fsp3) is 0.684. The van der Waals surface area contributed by atoms with Crippen molar-refractivity contribution >= 4 is 0 Å². The molecule has 21 heavy (non-hydrogen) atoms. The molecule has 0 aliphatic rings. The molecule has 1 aromatic carbocycles. The number of aryl methyl sites for hydroxylation is 2. The molecule has 0 fully saturated rings. The van der Waals surface area contributed by atoms with Crippen molar-refractivity contribution in [3.63, 3.8) is 0 Å². The number of ether oxygens (including phenoxy) is 1. The highest BCUT2D eigenvalue weighted by atomic mass is 16.5. The van der Waals surface area contributed by atoms with Crippen molar-refractivity contribution in [1.82, 2.24) is 5.32 Å². The van der Waals surface area contributed by atoms with Crippen LogP contribution in [0.5, 0.6) is 5.75 Å². The summed E-state index contributed by atoms with van der Waals surface area (Å²) in [5.41, 5.74) is 4.24. The van der Waals surface area contributed by atoms with Gasteiger partial charge in [-0.05, 0) is 63.1 Å². The lowest BCUT2D eigenvalue weighted by atomic mass is 9.93. The molecule has 0 aliphatic carbocycles. The molecule has 0 heterocycles. The van der Waals surface area contributed by atoms with Crippen molar-refractivity contribution in [2.75, 3.05) is 6.61 Å². The van der Waals surface area contributed by atoms with Gasteiger partial charge in [-0.2, -0.15) is 0 Å². The van der Waals surface area contributed by atoms with Gasteiger partial charge in [0.2, 0.25) is 0 Å². The van der Waals surface area contributed by atoms with E-state index in [2.05, 4.69) is 72.8 Å². The molecule has 2 nitrogen and oxygen atoms in total. The Morgan fingerprint density at radius 3 is 1.90 bits per heavy atom. The third-order valence-electron chi connectivity index (χ3n) is 3.44. The summed E-state index contributed by atoms with van der Waals surface area (Å²) in [5, 5.41) is 3.53. The molecule has 1 rings (SSSR count). The van der Waals surface area contributed by atoms with Crippen molar-refractivity contribution in [2.45, 2.75) is 73.9 Å². The second kappa shape index (κ2) is 6.83. The van der Waals surface area contributed by atoms with Crippen LogP contribution in [0.3, 0.4) is 0 Å². The number of hydrogen-bond donors (Lipinski definition) is 1. The maximum atomic E-state index is 6.02. The maximum Gasteiger partial charge on any atom is 0.125 e. The van der Waals surface area contributed by atoms with E-state index in [1.165, 1.54) is 16.7 Å². The average Bonchev–Trinajstić information content (AvgIpc) is 2.28. The van der Waals surface area contributed by atoms with E-state index in [9.17, 15) is 0 Å². The van der Waals surface area contributed by atoms with Crippen LogP contribution in [0.2, 0.25) is 0 Å². The average molecular weight is 291 g/mol. The molecule has 0 amide bonds. The number of nitrogens with one attached hydrogen (secondary N) is 1. The van der Waals surface area contributed by atoms with Gasteiger partial charge >= 0.3 is 0 Å². The zero-order valence-corrected chi connectivity index (χ0v) is 15.2. The van der Waals surface area contributed by atoms with Gasteiger partial charge in [-0.1, -0.05) is 32.9 Å². The highest BCUT2D eigenvalue weighted by molar-refractivity contribution is 5.43. The van der Waals surface area contributed by atoms with Gasteiger partial charge in [-0.15, -0.1) is 0 Å². The first-order chi connectivity index (χ1) is 9.48. The van der Waals surface area contributed by atoms with Crippen LogP contribution in [0.15, 0.2) is 12.1 Å². The Morgan fingerprint density at radius 2 is 1.48 bits per heavy atom. The van der Waals surface area contributed by atoms with Crippen LogP contribution in [-0.2, 0) is 6.54 Å². The highest BCUT2D eigenvalue weighted by Gasteiger charge is 2.13. The largest absolute Gasteiger partial charge is 0.493 e. The predicted octanol–water partition coefficient (Wildman–Crippen LogP) is 5.01. The quantitative estimate of drug-likeness (QED) is 0.823. The Morgan fingerprint density at radius 1 is 0.952 bits per heavy atom. The summed E-state index contributed by atoms with van der Waals surface area (Å²) >= 11 is 0. The van der Waals surface area contributed by atoms with Gasteiger partial charge in [0.1, 0.15) is 5.75 Å². The Hall–Kier alpha value is -1.02. The zero-order valence-electron chi connectivity index (χ0n) is 15.2. The van der Waals surface area contributed by atoms with Crippen LogP contribution < -0.4 is 10.1 Å². The fourth-order valence-electron chi connectivity index (χ4n) is 2.20. The van der Waals surface area contributed by atoms with Crippen molar-refractivity contribution in [3.8, 4) is 5.75 Å². The van der Waals surface area contributed by atoms with Crippen molar-refractivity contribution in [1.29, 1.82) is 0 Å². The number of rotatable bonds is 5. The van der Waals surface area contributed by atoms with Gasteiger partial charge in [-0.25, -0.2) is 0 Å². The molecule has 0 saturated carbocycles. The van der Waals surface area contributed by atoms with Crippen LogP contribution in [-0.4, -0.2) is 12.1 Å². The third kappa shape index (κ3) is 6.99. The molecule has 0 bridgehead atoms. The molecule has 0 atom stereocenters. The summed E-state index contributed by atoms with van der Waals surface area (Å²) in [6, 6.07) is 4.47. The zero-order chi connectivity index (χ0) is 16.3. The molecule has 1 aromatic rings. The Labute approximate surface area is 131 Å². The highest BCUT2D eigenvalue weighted by Crippen LogP contribution is 2.26. The van der Waals surface area contributed by atoms with E-state index in [0.717, 1.165) is 25.3 Å². The van der Waals surface area contributed by atoms with Gasteiger partial charge in [0.05, 0.1) is 6.61 Å².